The van der Waals surface area contributed by atoms with E-state index in [0.717, 1.165) is 18.8 Å². The molecule has 27 heavy (non-hydrogen) atoms. The minimum absolute atomic E-state index is 0.0773. The molecule has 0 atom stereocenters. The van der Waals surface area contributed by atoms with Gasteiger partial charge >= 0.3 is 0 Å². The van der Waals surface area contributed by atoms with Crippen molar-refractivity contribution in [2.24, 2.45) is 0 Å². The number of benzene rings is 1. The molecule has 1 aromatic carbocycles. The summed E-state index contributed by atoms with van der Waals surface area (Å²) < 4.78 is 0. The molecule has 0 bridgehead atoms. The van der Waals surface area contributed by atoms with Crippen molar-refractivity contribution in [1.82, 2.24) is 14.8 Å². The molecule has 6 heteroatoms. The van der Waals surface area contributed by atoms with Crippen molar-refractivity contribution >= 4 is 17.5 Å². The molecule has 2 aromatic rings. The number of hydrogen-bond acceptors (Lipinski definition) is 4. The lowest BCUT2D eigenvalue weighted by molar-refractivity contribution is 0.0663. The SMILES string of the molecule is CC(C)c1ccc(NC(=O)c2cncc(C(=O)N3CCN(C)CC3)c2)cc1. The Morgan fingerprint density at radius 1 is 1.00 bits per heavy atom. The van der Waals surface area contributed by atoms with Crippen molar-refractivity contribution in [3.63, 3.8) is 0 Å². The Hall–Kier alpha value is -2.73. The van der Waals surface area contributed by atoms with Crippen LogP contribution in [0.5, 0.6) is 0 Å². The van der Waals surface area contributed by atoms with Crippen molar-refractivity contribution in [2.75, 3.05) is 38.5 Å². The van der Waals surface area contributed by atoms with Crippen molar-refractivity contribution in [3.8, 4) is 0 Å². The maximum absolute atomic E-state index is 12.7. The highest BCUT2D eigenvalue weighted by atomic mass is 16.2. The van der Waals surface area contributed by atoms with E-state index >= 15 is 0 Å². The van der Waals surface area contributed by atoms with Crippen LogP contribution in [0.4, 0.5) is 5.69 Å². The summed E-state index contributed by atoms with van der Waals surface area (Å²) in [6, 6.07) is 9.41. The zero-order valence-electron chi connectivity index (χ0n) is 16.1. The van der Waals surface area contributed by atoms with E-state index in [0.29, 0.717) is 30.1 Å². The van der Waals surface area contributed by atoms with Gasteiger partial charge in [0.15, 0.2) is 0 Å². The fourth-order valence-electron chi connectivity index (χ4n) is 3.03. The number of piperazine rings is 1. The van der Waals surface area contributed by atoms with Gasteiger partial charge in [-0.15, -0.1) is 0 Å². The highest BCUT2D eigenvalue weighted by molar-refractivity contribution is 6.05. The number of likely N-dealkylation sites (N-methyl/N-ethyl adjacent to an activating group) is 1. The average molecular weight is 366 g/mol. The van der Waals surface area contributed by atoms with Gasteiger partial charge in [0.25, 0.3) is 11.8 Å². The van der Waals surface area contributed by atoms with Gasteiger partial charge in [-0.1, -0.05) is 26.0 Å². The zero-order chi connectivity index (χ0) is 19.4. The molecule has 2 heterocycles. The third-order valence-corrected chi connectivity index (χ3v) is 4.87. The Balaban J connectivity index is 1.69. The van der Waals surface area contributed by atoms with E-state index in [1.54, 1.807) is 6.07 Å². The lowest BCUT2D eigenvalue weighted by Crippen LogP contribution is -2.47. The van der Waals surface area contributed by atoms with Gasteiger partial charge in [-0.05, 0) is 36.7 Å². The first-order valence-electron chi connectivity index (χ1n) is 9.28. The molecule has 1 saturated heterocycles. The molecule has 0 spiro atoms. The third kappa shape index (κ3) is 4.71. The van der Waals surface area contributed by atoms with Crippen LogP contribution < -0.4 is 5.32 Å². The smallest absolute Gasteiger partial charge is 0.257 e. The van der Waals surface area contributed by atoms with Crippen molar-refractivity contribution in [3.05, 3.63) is 59.4 Å². The van der Waals surface area contributed by atoms with Crippen molar-refractivity contribution in [1.29, 1.82) is 0 Å². The molecule has 3 rings (SSSR count). The van der Waals surface area contributed by atoms with E-state index in [2.05, 4.69) is 29.0 Å². The van der Waals surface area contributed by atoms with E-state index in [1.165, 1.54) is 18.0 Å². The van der Waals surface area contributed by atoms with Gasteiger partial charge in [0.05, 0.1) is 11.1 Å². The molecule has 1 aliphatic heterocycles. The molecular weight excluding hydrogens is 340 g/mol. The molecule has 2 amide bonds. The van der Waals surface area contributed by atoms with Gasteiger partial charge in [0.1, 0.15) is 0 Å². The molecule has 0 unspecified atom stereocenters. The van der Waals surface area contributed by atoms with Crippen LogP contribution in [0, 0.1) is 0 Å². The highest BCUT2D eigenvalue weighted by Gasteiger charge is 2.21. The first kappa shape index (κ1) is 19.0. The van der Waals surface area contributed by atoms with E-state index < -0.39 is 0 Å². The van der Waals surface area contributed by atoms with Crippen molar-refractivity contribution in [2.45, 2.75) is 19.8 Å². The molecule has 1 aromatic heterocycles. The number of anilines is 1. The Labute approximate surface area is 160 Å². The van der Waals surface area contributed by atoms with Crippen LogP contribution in [0.3, 0.4) is 0 Å². The van der Waals surface area contributed by atoms with E-state index in [4.69, 9.17) is 0 Å². The molecule has 1 N–H and O–H groups in total. The molecule has 1 aliphatic rings. The number of nitrogens with zero attached hydrogens (tertiary/aromatic N) is 3. The Morgan fingerprint density at radius 3 is 2.26 bits per heavy atom. The summed E-state index contributed by atoms with van der Waals surface area (Å²) in [7, 11) is 2.04. The minimum Gasteiger partial charge on any atom is -0.336 e. The summed E-state index contributed by atoms with van der Waals surface area (Å²) in [5, 5.41) is 2.87. The van der Waals surface area contributed by atoms with Gasteiger partial charge in [-0.2, -0.15) is 0 Å². The molecular formula is C21H26N4O2. The maximum Gasteiger partial charge on any atom is 0.257 e. The normalized spacial score (nSPS) is 15.0. The summed E-state index contributed by atoms with van der Waals surface area (Å²) in [4.78, 5) is 33.3. The summed E-state index contributed by atoms with van der Waals surface area (Å²) in [6.45, 7) is 7.34. The molecule has 142 valence electrons. The number of nitrogens with one attached hydrogen (secondary N) is 1. The fraction of sp³-hybridized carbons (Fsp3) is 0.381. The maximum atomic E-state index is 12.7. The number of rotatable bonds is 4. The van der Waals surface area contributed by atoms with Crippen LogP contribution in [-0.2, 0) is 0 Å². The third-order valence-electron chi connectivity index (χ3n) is 4.87. The second kappa shape index (κ2) is 8.31. The predicted octanol–water partition coefficient (Wildman–Crippen LogP) is 2.84. The zero-order valence-corrected chi connectivity index (χ0v) is 16.1. The standard InChI is InChI=1S/C21H26N4O2/c1-15(2)16-4-6-19(7-5-16)23-20(26)17-12-18(14-22-13-17)21(27)25-10-8-24(3)9-11-25/h4-7,12-15H,8-11H2,1-3H3,(H,23,26). The van der Waals surface area contributed by atoms with Gasteiger partial charge in [0.2, 0.25) is 0 Å². The first-order valence-corrected chi connectivity index (χ1v) is 9.28. The van der Waals surface area contributed by atoms with E-state index in [9.17, 15) is 9.59 Å². The van der Waals surface area contributed by atoms with Crippen molar-refractivity contribution < 1.29 is 9.59 Å². The number of carbonyl (C=O) groups is 2. The number of amides is 2. The topological polar surface area (TPSA) is 65.5 Å². The summed E-state index contributed by atoms with van der Waals surface area (Å²) in [5.41, 5.74) is 2.76. The lowest BCUT2D eigenvalue weighted by Gasteiger charge is -2.32. The molecule has 0 radical (unpaired) electrons. The van der Waals surface area contributed by atoms with Crippen LogP contribution in [0.1, 0.15) is 46.0 Å². The Kier molecular flexibility index (Phi) is 5.86. The second-order valence-corrected chi connectivity index (χ2v) is 7.29. The summed E-state index contributed by atoms with van der Waals surface area (Å²) >= 11 is 0. The molecule has 0 saturated carbocycles. The highest BCUT2D eigenvalue weighted by Crippen LogP contribution is 2.18. The summed E-state index contributed by atoms with van der Waals surface area (Å²) in [6.07, 6.45) is 3.01. The molecule has 6 nitrogen and oxygen atoms in total. The minimum atomic E-state index is -0.271. The summed E-state index contributed by atoms with van der Waals surface area (Å²) in [5.74, 6) is 0.0931. The number of pyridine rings is 1. The van der Waals surface area contributed by atoms with Gasteiger partial charge in [0, 0.05) is 44.3 Å². The molecule has 0 aliphatic carbocycles. The van der Waals surface area contributed by atoms with E-state index in [-0.39, 0.29) is 11.8 Å². The average Bonchev–Trinajstić information content (AvgIpc) is 2.68. The number of aromatic nitrogens is 1. The quantitative estimate of drug-likeness (QED) is 0.904. The van der Waals surface area contributed by atoms with Crippen LogP contribution in [0.25, 0.3) is 0 Å². The Morgan fingerprint density at radius 2 is 1.63 bits per heavy atom. The van der Waals surface area contributed by atoms with Gasteiger partial charge in [-0.3, -0.25) is 14.6 Å². The number of carbonyl (C=O) groups excluding carboxylic acids is 2. The number of hydrogen-bond donors (Lipinski definition) is 1. The van der Waals surface area contributed by atoms with Crippen LogP contribution in [0.15, 0.2) is 42.7 Å². The van der Waals surface area contributed by atoms with Crippen LogP contribution in [-0.4, -0.2) is 59.8 Å². The monoisotopic (exact) mass is 366 g/mol. The van der Waals surface area contributed by atoms with Gasteiger partial charge in [-0.25, -0.2) is 0 Å². The van der Waals surface area contributed by atoms with Gasteiger partial charge < -0.3 is 15.1 Å². The fourth-order valence-corrected chi connectivity index (χ4v) is 3.03. The largest absolute Gasteiger partial charge is 0.336 e. The van der Waals surface area contributed by atoms with Crippen LogP contribution in [0.2, 0.25) is 0 Å². The van der Waals surface area contributed by atoms with E-state index in [1.807, 2.05) is 36.2 Å². The van der Waals surface area contributed by atoms with Crippen LogP contribution >= 0.6 is 0 Å². The second-order valence-electron chi connectivity index (χ2n) is 7.29. The lowest BCUT2D eigenvalue weighted by atomic mass is 10.0. The predicted molar refractivity (Wildman–Crippen MR) is 106 cm³/mol. The first-order chi connectivity index (χ1) is 12.9. The molecule has 1 fully saturated rings. The Bertz CT molecular complexity index is 809.